The topological polar surface area (TPSA) is 69.9 Å². The van der Waals surface area contributed by atoms with Crippen LogP contribution in [-0.4, -0.2) is 22.6 Å². The monoisotopic (exact) mass is 118 g/mol. The summed E-state index contributed by atoms with van der Waals surface area (Å²) < 4.78 is 0. The van der Waals surface area contributed by atoms with Gasteiger partial charge in [0.2, 0.25) is 0 Å². The van der Waals surface area contributed by atoms with Gasteiger partial charge in [0.05, 0.1) is 0 Å². The van der Waals surface area contributed by atoms with Gasteiger partial charge in [-0.1, -0.05) is 0 Å². The van der Waals surface area contributed by atoms with Crippen LogP contribution in [0.1, 0.15) is 1.43 Å². The predicted octanol–water partition coefficient (Wildman–Crippen LogP) is -4.44. The molecular formula is H4BKO4. The third kappa shape index (κ3) is 9.11. The number of hydrogen-bond acceptors (Lipinski definition) is 4. The molecule has 0 saturated carbocycles. The summed E-state index contributed by atoms with van der Waals surface area (Å²) >= 11 is 0. The van der Waals surface area contributed by atoms with Crippen molar-refractivity contribution < 1.29 is 72.9 Å². The maximum absolute atomic E-state index is 7.44. The Hall–Kier alpha value is 1.54. The standard InChI is InChI=1S/BH3O4.K.H/c2-1(3)5-4;;/h2-4H;;/q;+1;-1. The number of rotatable bonds is 1. The first-order valence-electron chi connectivity index (χ1n) is 0.935. The molecule has 0 unspecified atom stereocenters. The Morgan fingerprint density at radius 2 is 1.67 bits per heavy atom. The Morgan fingerprint density at radius 1 is 1.50 bits per heavy atom. The van der Waals surface area contributed by atoms with Crippen LogP contribution in [0.15, 0.2) is 0 Å². The minimum absolute atomic E-state index is 0. The molecule has 0 saturated heterocycles. The average molecular weight is 118 g/mol. The fourth-order valence-electron chi connectivity index (χ4n) is 0. The molecular weight excluding hydrogens is 114 g/mol. The first-order valence-corrected chi connectivity index (χ1v) is 0.935. The van der Waals surface area contributed by atoms with Crippen LogP contribution in [0.25, 0.3) is 0 Å². The van der Waals surface area contributed by atoms with Gasteiger partial charge in [0, 0.05) is 0 Å². The summed E-state index contributed by atoms with van der Waals surface area (Å²) in [5.41, 5.74) is 0. The van der Waals surface area contributed by atoms with Crippen LogP contribution in [0.5, 0.6) is 0 Å². The molecule has 0 amide bonds. The van der Waals surface area contributed by atoms with Crippen LogP contribution in [0.2, 0.25) is 0 Å². The van der Waals surface area contributed by atoms with E-state index in [0.29, 0.717) is 0 Å². The van der Waals surface area contributed by atoms with Gasteiger partial charge in [-0.3, -0.25) is 5.26 Å². The summed E-state index contributed by atoms with van der Waals surface area (Å²) in [7, 11) is -2.06. The predicted molar refractivity (Wildman–Crippen MR) is 15.0 cm³/mol. The van der Waals surface area contributed by atoms with Crippen molar-refractivity contribution in [1.82, 2.24) is 0 Å². The van der Waals surface area contributed by atoms with E-state index in [2.05, 4.69) is 4.81 Å². The first kappa shape index (κ1) is 10.5. The summed E-state index contributed by atoms with van der Waals surface area (Å²) in [4.78, 5) is 2.86. The maximum Gasteiger partial charge on any atom is 1.00 e. The molecule has 0 spiro atoms. The van der Waals surface area contributed by atoms with Crippen molar-refractivity contribution in [3.63, 3.8) is 0 Å². The minimum Gasteiger partial charge on any atom is -1.00 e. The Bertz CT molecular complexity index is 25.7. The molecule has 0 aromatic rings. The molecule has 3 N–H and O–H groups in total. The van der Waals surface area contributed by atoms with E-state index in [1.807, 2.05) is 0 Å². The van der Waals surface area contributed by atoms with E-state index < -0.39 is 7.32 Å². The van der Waals surface area contributed by atoms with Crippen molar-refractivity contribution in [1.29, 1.82) is 0 Å². The van der Waals surface area contributed by atoms with Gasteiger partial charge >= 0.3 is 58.7 Å². The summed E-state index contributed by atoms with van der Waals surface area (Å²) in [6.07, 6.45) is 0. The van der Waals surface area contributed by atoms with Crippen molar-refractivity contribution in [3.8, 4) is 0 Å². The van der Waals surface area contributed by atoms with Crippen molar-refractivity contribution in [2.45, 2.75) is 0 Å². The van der Waals surface area contributed by atoms with Crippen LogP contribution in [0.3, 0.4) is 0 Å². The van der Waals surface area contributed by atoms with E-state index in [0.717, 1.165) is 0 Å². The zero-order chi connectivity index (χ0) is 4.28. The molecule has 32 valence electrons. The second-order valence-electron chi connectivity index (χ2n) is 0.432. The van der Waals surface area contributed by atoms with E-state index >= 15 is 0 Å². The molecule has 0 bridgehead atoms. The van der Waals surface area contributed by atoms with Gasteiger partial charge in [-0.2, -0.15) is 0 Å². The van der Waals surface area contributed by atoms with Crippen molar-refractivity contribution in [3.05, 3.63) is 0 Å². The van der Waals surface area contributed by atoms with E-state index in [4.69, 9.17) is 15.3 Å². The molecule has 0 aliphatic rings. The molecule has 0 atom stereocenters. The quantitative estimate of drug-likeness (QED) is 0.184. The molecule has 0 aliphatic carbocycles. The van der Waals surface area contributed by atoms with Crippen molar-refractivity contribution in [2.75, 3.05) is 0 Å². The first-order chi connectivity index (χ1) is 2.27. The second kappa shape index (κ2) is 6.54. The van der Waals surface area contributed by atoms with E-state index in [9.17, 15) is 0 Å². The maximum atomic E-state index is 7.44. The average Bonchev–Trinajstić information content (AvgIpc) is 1.38. The Kier molecular flexibility index (Phi) is 11.5. The molecule has 0 fully saturated rings. The van der Waals surface area contributed by atoms with E-state index in [1.165, 1.54) is 0 Å². The summed E-state index contributed by atoms with van der Waals surface area (Å²) in [6.45, 7) is 0. The van der Waals surface area contributed by atoms with Crippen molar-refractivity contribution in [2.24, 2.45) is 0 Å². The van der Waals surface area contributed by atoms with Crippen LogP contribution in [0.4, 0.5) is 0 Å². The molecule has 0 aromatic carbocycles. The summed E-state index contributed by atoms with van der Waals surface area (Å²) in [6, 6.07) is 0. The zero-order valence-electron chi connectivity index (χ0n) is 4.33. The third-order valence-corrected chi connectivity index (χ3v) is 0.0943. The Labute approximate surface area is 79.1 Å². The molecule has 0 aliphatic heterocycles. The van der Waals surface area contributed by atoms with Crippen LogP contribution >= 0.6 is 0 Å². The van der Waals surface area contributed by atoms with Crippen LogP contribution in [0, 0.1) is 0 Å². The molecule has 0 aromatic heterocycles. The fraction of sp³-hybridized carbons (Fsp3) is 0. The fourth-order valence-corrected chi connectivity index (χ4v) is 0. The third-order valence-electron chi connectivity index (χ3n) is 0.0943. The van der Waals surface area contributed by atoms with E-state index in [-0.39, 0.29) is 52.8 Å². The van der Waals surface area contributed by atoms with Gasteiger partial charge in [-0.15, -0.1) is 0 Å². The van der Waals surface area contributed by atoms with Gasteiger partial charge in [0.1, 0.15) is 0 Å². The second-order valence-corrected chi connectivity index (χ2v) is 0.432. The van der Waals surface area contributed by atoms with Crippen LogP contribution in [-0.2, 0) is 4.81 Å². The minimum atomic E-state index is -2.06. The SMILES string of the molecule is OOB(O)O.[H-].[K+]. The van der Waals surface area contributed by atoms with E-state index in [1.54, 1.807) is 0 Å². The molecule has 0 heterocycles. The Morgan fingerprint density at radius 3 is 1.67 bits per heavy atom. The zero-order valence-corrected chi connectivity index (χ0v) is 6.45. The normalized spacial score (nSPS) is 6.50. The van der Waals surface area contributed by atoms with Crippen molar-refractivity contribution >= 4 is 7.32 Å². The summed E-state index contributed by atoms with van der Waals surface area (Å²) in [5, 5.41) is 22.0. The van der Waals surface area contributed by atoms with Gasteiger partial charge in [-0.25, -0.2) is 4.81 Å². The van der Waals surface area contributed by atoms with Gasteiger partial charge in [0.15, 0.2) is 0 Å². The molecule has 6 heteroatoms. The van der Waals surface area contributed by atoms with Gasteiger partial charge in [0.25, 0.3) is 0 Å². The molecule has 0 radical (unpaired) electrons. The smallest absolute Gasteiger partial charge is 1.00 e. The van der Waals surface area contributed by atoms with Gasteiger partial charge in [-0.05, 0) is 0 Å². The van der Waals surface area contributed by atoms with Gasteiger partial charge < -0.3 is 11.5 Å². The molecule has 6 heavy (non-hydrogen) atoms. The molecule has 0 rings (SSSR count). The number of hydrogen-bond donors (Lipinski definition) is 3. The largest absolute Gasteiger partial charge is 1.00 e. The van der Waals surface area contributed by atoms with Crippen LogP contribution < -0.4 is 51.4 Å². The molecule has 4 nitrogen and oxygen atoms in total. The summed E-state index contributed by atoms with van der Waals surface area (Å²) in [5.74, 6) is 0. The Balaban J connectivity index is -0.0000000800.